The topological polar surface area (TPSA) is 92.7 Å². The summed E-state index contributed by atoms with van der Waals surface area (Å²) in [7, 11) is 0. The van der Waals surface area contributed by atoms with Crippen LogP contribution in [0.5, 0.6) is 0 Å². The van der Waals surface area contributed by atoms with Gasteiger partial charge in [0.2, 0.25) is 6.35 Å². The van der Waals surface area contributed by atoms with Gasteiger partial charge in [-0.15, -0.1) is 11.3 Å². The number of H-pyrrole nitrogens is 1. The Morgan fingerprint density at radius 1 is 1.24 bits per heavy atom. The normalized spacial score (nSPS) is 18.2. The third-order valence-electron chi connectivity index (χ3n) is 6.72. The zero-order chi connectivity index (χ0) is 24.1. The van der Waals surface area contributed by atoms with Crippen molar-refractivity contribution in [3.05, 3.63) is 57.2 Å². The maximum absolute atomic E-state index is 13.9. The molecular weight excluding hydrogens is 448 g/mol. The first-order valence-corrected chi connectivity index (χ1v) is 12.8. The van der Waals surface area contributed by atoms with Crippen molar-refractivity contribution in [1.82, 2.24) is 15.1 Å². The Labute approximate surface area is 204 Å². The molecule has 3 aromatic rings. The number of thiophene rings is 1. The number of nitrogens with one attached hydrogen (secondary N) is 1. The average Bonchev–Trinajstić information content (AvgIpc) is 3.49. The molecular formula is C26H32N4O3S. The number of aliphatic hydroxyl groups excluding tert-OH is 2. The molecule has 0 radical (unpaired) electrons. The molecule has 8 heteroatoms. The van der Waals surface area contributed by atoms with Crippen LogP contribution in [0.1, 0.15) is 64.4 Å². The summed E-state index contributed by atoms with van der Waals surface area (Å²) in [5, 5.41) is 29.3. The molecule has 180 valence electrons. The largest absolute Gasteiger partial charge is 0.392 e. The van der Waals surface area contributed by atoms with Gasteiger partial charge in [0.15, 0.2) is 0 Å². The molecule has 3 N–H and O–H groups in total. The zero-order valence-corrected chi connectivity index (χ0v) is 20.9. The fourth-order valence-electron chi connectivity index (χ4n) is 4.88. The van der Waals surface area contributed by atoms with Crippen molar-refractivity contribution in [2.75, 3.05) is 11.4 Å². The van der Waals surface area contributed by atoms with Gasteiger partial charge in [0.25, 0.3) is 5.91 Å². The number of aliphatic hydroxyl groups is 2. The van der Waals surface area contributed by atoms with E-state index in [1.165, 1.54) is 0 Å². The summed E-state index contributed by atoms with van der Waals surface area (Å²) in [5.74, 6) is 0.222. The molecule has 3 heterocycles. The van der Waals surface area contributed by atoms with Crippen LogP contribution in [0, 0.1) is 19.8 Å². The van der Waals surface area contributed by atoms with Gasteiger partial charge in [-0.1, -0.05) is 32.0 Å². The summed E-state index contributed by atoms with van der Waals surface area (Å²) in [5.41, 5.74) is 6.40. The first-order valence-electron chi connectivity index (χ1n) is 11.9. The fraction of sp³-hybridized carbons (Fsp3) is 0.462. The maximum atomic E-state index is 13.9. The van der Waals surface area contributed by atoms with E-state index in [4.69, 9.17) is 0 Å². The lowest BCUT2D eigenvalue weighted by Gasteiger charge is -2.42. The first kappa shape index (κ1) is 23.1. The second-order valence-corrected chi connectivity index (χ2v) is 10.9. The summed E-state index contributed by atoms with van der Waals surface area (Å²) in [6.07, 6.45) is 1.54. The number of amides is 1. The standard InChI is InChI=1S/C26H32N4O3S/c1-14(2)12-29-25-23(24(32)30(26(29)33)19-8-9-19)22(18-7-5-6-17(10-18)13-31)21(34-25)11-20-15(3)27-28-16(20)4/h5-7,10,14,19,26,31,33H,8-9,11-13H2,1-4H3,(H,27,28). The molecule has 2 aromatic heterocycles. The molecule has 1 aliphatic heterocycles. The van der Waals surface area contributed by atoms with Crippen LogP contribution >= 0.6 is 11.3 Å². The molecule has 1 atom stereocenters. The van der Waals surface area contributed by atoms with E-state index in [2.05, 4.69) is 24.0 Å². The van der Waals surface area contributed by atoms with Crippen LogP contribution in [0.4, 0.5) is 5.00 Å². The van der Waals surface area contributed by atoms with Gasteiger partial charge in [0, 0.05) is 40.7 Å². The first-order chi connectivity index (χ1) is 16.3. The average molecular weight is 481 g/mol. The van der Waals surface area contributed by atoms with Crippen molar-refractivity contribution in [1.29, 1.82) is 0 Å². The van der Waals surface area contributed by atoms with Gasteiger partial charge >= 0.3 is 0 Å². The molecule has 1 unspecified atom stereocenters. The van der Waals surface area contributed by atoms with Gasteiger partial charge in [0.1, 0.15) is 5.00 Å². The van der Waals surface area contributed by atoms with Crippen LogP contribution in [0.3, 0.4) is 0 Å². The van der Waals surface area contributed by atoms with E-state index in [1.807, 2.05) is 43.0 Å². The van der Waals surface area contributed by atoms with E-state index in [0.29, 0.717) is 24.4 Å². The van der Waals surface area contributed by atoms with E-state index < -0.39 is 6.35 Å². The summed E-state index contributed by atoms with van der Waals surface area (Å²) in [4.78, 5) is 18.7. The molecule has 0 bridgehead atoms. The summed E-state index contributed by atoms with van der Waals surface area (Å²) in [6.45, 7) is 8.86. The minimum atomic E-state index is -0.949. The van der Waals surface area contributed by atoms with Crippen LogP contribution in [0.2, 0.25) is 0 Å². The number of aromatic nitrogens is 2. The minimum absolute atomic E-state index is 0.0597. The number of rotatable bonds is 7. The number of hydrogen-bond acceptors (Lipinski definition) is 6. The van der Waals surface area contributed by atoms with E-state index in [-0.39, 0.29) is 18.6 Å². The van der Waals surface area contributed by atoms with Gasteiger partial charge in [-0.2, -0.15) is 5.10 Å². The third-order valence-corrected chi connectivity index (χ3v) is 7.94. The molecule has 2 aliphatic rings. The number of carbonyl (C=O) groups excluding carboxylic acids is 1. The molecule has 1 aliphatic carbocycles. The van der Waals surface area contributed by atoms with Crippen LogP contribution in [0.15, 0.2) is 24.3 Å². The highest BCUT2D eigenvalue weighted by molar-refractivity contribution is 7.17. The number of nitrogens with zero attached hydrogens (tertiary/aromatic N) is 3. The molecule has 0 spiro atoms. The van der Waals surface area contributed by atoms with Gasteiger partial charge in [-0.25, -0.2) is 0 Å². The van der Waals surface area contributed by atoms with Crippen molar-refractivity contribution in [2.45, 2.75) is 66.0 Å². The lowest BCUT2D eigenvalue weighted by atomic mass is 9.94. The summed E-state index contributed by atoms with van der Waals surface area (Å²) >= 11 is 1.59. The van der Waals surface area contributed by atoms with Crippen molar-refractivity contribution in [3.63, 3.8) is 0 Å². The van der Waals surface area contributed by atoms with Crippen molar-refractivity contribution in [3.8, 4) is 11.1 Å². The van der Waals surface area contributed by atoms with Crippen LogP contribution in [-0.4, -0.2) is 50.2 Å². The van der Waals surface area contributed by atoms with E-state index in [1.54, 1.807) is 16.2 Å². The number of benzene rings is 1. The quantitative estimate of drug-likeness (QED) is 0.471. The molecule has 1 amide bonds. The second-order valence-electron chi connectivity index (χ2n) is 9.86. The van der Waals surface area contributed by atoms with Gasteiger partial charge in [-0.3, -0.25) is 14.8 Å². The molecule has 1 fully saturated rings. The zero-order valence-electron chi connectivity index (χ0n) is 20.1. The van der Waals surface area contributed by atoms with Gasteiger partial charge in [0.05, 0.1) is 17.9 Å². The number of aromatic amines is 1. The van der Waals surface area contributed by atoms with Gasteiger partial charge < -0.3 is 15.1 Å². The fourth-order valence-corrected chi connectivity index (χ4v) is 6.23. The van der Waals surface area contributed by atoms with E-state index in [9.17, 15) is 15.0 Å². The lowest BCUT2D eigenvalue weighted by molar-refractivity contribution is -0.00280. The van der Waals surface area contributed by atoms with Crippen molar-refractivity contribution < 1.29 is 15.0 Å². The summed E-state index contributed by atoms with van der Waals surface area (Å²) in [6, 6.07) is 7.87. The molecule has 0 saturated heterocycles. The second kappa shape index (κ2) is 8.83. The molecule has 1 aromatic carbocycles. The van der Waals surface area contributed by atoms with Gasteiger partial charge in [-0.05, 0) is 49.8 Å². The Hall–Kier alpha value is -2.68. The summed E-state index contributed by atoms with van der Waals surface area (Å²) < 4.78 is 0. The monoisotopic (exact) mass is 480 g/mol. The number of hydrogen-bond donors (Lipinski definition) is 3. The Balaban J connectivity index is 1.73. The Morgan fingerprint density at radius 2 is 2.00 bits per heavy atom. The highest BCUT2D eigenvalue weighted by atomic mass is 32.1. The maximum Gasteiger partial charge on any atom is 0.261 e. The van der Waals surface area contributed by atoms with Crippen LogP contribution in [0.25, 0.3) is 11.1 Å². The highest BCUT2D eigenvalue weighted by Crippen LogP contribution is 2.49. The number of aryl methyl sites for hydroxylation is 2. The predicted molar refractivity (Wildman–Crippen MR) is 134 cm³/mol. The predicted octanol–water partition coefficient (Wildman–Crippen LogP) is 4.19. The number of carbonyl (C=O) groups is 1. The molecule has 34 heavy (non-hydrogen) atoms. The van der Waals surface area contributed by atoms with Crippen LogP contribution < -0.4 is 4.90 Å². The third kappa shape index (κ3) is 3.93. The van der Waals surface area contributed by atoms with Crippen LogP contribution in [-0.2, 0) is 13.0 Å². The smallest absolute Gasteiger partial charge is 0.261 e. The Bertz CT molecular complexity index is 1210. The lowest BCUT2D eigenvalue weighted by Crippen LogP contribution is -2.56. The molecule has 7 nitrogen and oxygen atoms in total. The minimum Gasteiger partial charge on any atom is -0.392 e. The Kier molecular flexibility index (Phi) is 6.00. The van der Waals surface area contributed by atoms with E-state index >= 15 is 0 Å². The number of anilines is 1. The van der Waals surface area contributed by atoms with Crippen molar-refractivity contribution >= 4 is 22.2 Å². The number of fused-ring (bicyclic) bond motifs is 1. The van der Waals surface area contributed by atoms with E-state index in [0.717, 1.165) is 56.4 Å². The van der Waals surface area contributed by atoms with Crippen molar-refractivity contribution in [2.24, 2.45) is 5.92 Å². The molecule has 5 rings (SSSR count). The highest BCUT2D eigenvalue weighted by Gasteiger charge is 2.47. The Morgan fingerprint density at radius 3 is 2.62 bits per heavy atom. The molecule has 1 saturated carbocycles. The SMILES string of the molecule is Cc1n[nH]c(C)c1Cc1sc2c(c1-c1cccc(CO)c1)C(=O)N(C1CC1)C(O)N2CC(C)C.